The van der Waals surface area contributed by atoms with Gasteiger partial charge in [0.2, 0.25) is 0 Å². The van der Waals surface area contributed by atoms with E-state index in [2.05, 4.69) is 0 Å². The van der Waals surface area contributed by atoms with Crippen LogP contribution in [0.1, 0.15) is 10.4 Å². The third-order valence-electron chi connectivity index (χ3n) is 1.25. The Bertz CT molecular complexity index is 272. The molecule has 4 heteroatoms. The molecule has 0 bridgehead atoms. The Morgan fingerprint density at radius 2 is 2.27 bits per heavy atom. The Morgan fingerprint density at radius 3 is 2.73 bits per heavy atom. The number of aromatic hydroxyl groups is 1. The molecule has 58 valence electrons. The summed E-state index contributed by atoms with van der Waals surface area (Å²) in [6, 6.07) is 4.42. The maximum absolute atomic E-state index is 10.2. The summed E-state index contributed by atoms with van der Waals surface area (Å²) >= 11 is 0. The highest BCUT2D eigenvalue weighted by Gasteiger charge is 2.00. The monoisotopic (exact) mass is 170 g/mol. The Kier molecular flexibility index (Phi) is 2.44. The Morgan fingerprint density at radius 1 is 1.55 bits per heavy atom. The number of rotatable bonds is 2. The third kappa shape index (κ3) is 1.69. The first-order chi connectivity index (χ1) is 5.27. The average Bonchev–Trinajstić information content (AvgIpc) is 2.04. The molecule has 0 aromatic heterocycles. The smallest absolute Gasteiger partial charge is 0.164 e. The van der Waals surface area contributed by atoms with Crippen LogP contribution in [-0.2, 0) is 0 Å². The molecule has 0 aliphatic rings. The molecule has 11 heavy (non-hydrogen) atoms. The van der Waals surface area contributed by atoms with Gasteiger partial charge in [-0.05, 0) is 18.2 Å². The van der Waals surface area contributed by atoms with Crippen LogP contribution in [0.2, 0.25) is 0 Å². The minimum absolute atomic E-state index is 0.0374. The van der Waals surface area contributed by atoms with Crippen LogP contribution < -0.4 is 4.52 Å². The molecular formula is C7H7O3P. The molecule has 1 unspecified atom stereocenters. The van der Waals surface area contributed by atoms with Crippen molar-refractivity contribution in [2.45, 2.75) is 0 Å². The van der Waals surface area contributed by atoms with Crippen molar-refractivity contribution in [1.82, 2.24) is 0 Å². The summed E-state index contributed by atoms with van der Waals surface area (Å²) in [6.07, 6.45) is 0.659. The van der Waals surface area contributed by atoms with Crippen LogP contribution in [0.4, 0.5) is 0 Å². The highest BCUT2D eigenvalue weighted by molar-refractivity contribution is 7.10. The fourth-order valence-electron chi connectivity index (χ4n) is 0.707. The second kappa shape index (κ2) is 3.35. The number of phenols is 1. The number of benzene rings is 1. The van der Waals surface area contributed by atoms with Crippen LogP contribution in [0.25, 0.3) is 0 Å². The highest BCUT2D eigenvalue weighted by Crippen LogP contribution is 2.27. The summed E-state index contributed by atoms with van der Waals surface area (Å²) in [6.45, 7) is 0. The highest BCUT2D eigenvalue weighted by atomic mass is 31.0. The van der Waals surface area contributed by atoms with Crippen molar-refractivity contribution >= 4 is 15.8 Å². The summed E-state index contributed by atoms with van der Waals surface area (Å²) < 4.78 is 4.70. The van der Waals surface area contributed by atoms with Crippen molar-refractivity contribution in [3.05, 3.63) is 23.8 Å². The van der Waals surface area contributed by atoms with Gasteiger partial charge < -0.3 is 9.63 Å². The number of hydrogen-bond donors (Lipinski definition) is 1. The van der Waals surface area contributed by atoms with Gasteiger partial charge in [0, 0.05) is 5.56 Å². The van der Waals surface area contributed by atoms with Crippen LogP contribution in [0.15, 0.2) is 18.2 Å². The van der Waals surface area contributed by atoms with Gasteiger partial charge in [-0.3, -0.25) is 4.79 Å². The molecule has 0 radical (unpaired) electrons. The van der Waals surface area contributed by atoms with E-state index in [-0.39, 0.29) is 5.75 Å². The first-order valence-electron chi connectivity index (χ1n) is 2.93. The second-order valence-electron chi connectivity index (χ2n) is 1.96. The zero-order valence-corrected chi connectivity index (χ0v) is 6.81. The average molecular weight is 170 g/mol. The van der Waals surface area contributed by atoms with E-state index in [0.29, 0.717) is 17.6 Å². The molecular weight excluding hydrogens is 163 g/mol. The lowest BCUT2D eigenvalue weighted by Gasteiger charge is -2.01. The topological polar surface area (TPSA) is 46.5 Å². The van der Waals surface area contributed by atoms with E-state index in [1.165, 1.54) is 12.1 Å². The molecule has 0 aliphatic carbocycles. The summed E-state index contributed by atoms with van der Waals surface area (Å²) in [5, 5.41) is 9.13. The van der Waals surface area contributed by atoms with Crippen molar-refractivity contribution in [3.63, 3.8) is 0 Å². The summed E-state index contributed by atoms with van der Waals surface area (Å²) in [5.74, 6) is 0.296. The molecule has 0 saturated carbocycles. The maximum Gasteiger partial charge on any atom is 0.164 e. The minimum Gasteiger partial charge on any atom is -0.504 e. The van der Waals surface area contributed by atoms with E-state index < -0.39 is 0 Å². The second-order valence-corrected chi connectivity index (χ2v) is 2.20. The van der Waals surface area contributed by atoms with E-state index in [1.54, 1.807) is 6.07 Å². The van der Waals surface area contributed by atoms with Gasteiger partial charge in [0.25, 0.3) is 0 Å². The lowest BCUT2D eigenvalue weighted by Crippen LogP contribution is -1.80. The van der Waals surface area contributed by atoms with Gasteiger partial charge in [0.05, 0.1) is 9.47 Å². The van der Waals surface area contributed by atoms with E-state index in [9.17, 15) is 4.79 Å². The fourth-order valence-corrected chi connectivity index (χ4v) is 0.907. The molecule has 0 spiro atoms. The van der Waals surface area contributed by atoms with Crippen LogP contribution in [0.5, 0.6) is 11.5 Å². The van der Waals surface area contributed by atoms with Crippen LogP contribution in [0, 0.1) is 0 Å². The predicted molar refractivity (Wildman–Crippen MR) is 43.8 cm³/mol. The number of carbonyl (C=O) groups is 1. The van der Waals surface area contributed by atoms with Gasteiger partial charge >= 0.3 is 0 Å². The van der Waals surface area contributed by atoms with Crippen molar-refractivity contribution in [2.24, 2.45) is 0 Å². The summed E-state index contributed by atoms with van der Waals surface area (Å²) in [7, 11) is 2.01. The minimum atomic E-state index is -0.0374. The number of carbonyl (C=O) groups excluding carboxylic acids is 1. The van der Waals surface area contributed by atoms with Gasteiger partial charge in [-0.2, -0.15) is 0 Å². The quantitative estimate of drug-likeness (QED) is 0.538. The van der Waals surface area contributed by atoms with Crippen LogP contribution >= 0.6 is 9.47 Å². The predicted octanol–water partition coefficient (Wildman–Crippen LogP) is 1.37. The maximum atomic E-state index is 10.2. The number of hydrogen-bond acceptors (Lipinski definition) is 3. The normalized spacial score (nSPS) is 9.18. The van der Waals surface area contributed by atoms with Crippen molar-refractivity contribution in [2.75, 3.05) is 0 Å². The standard InChI is InChI=1S/C7H7O3P/c8-4-5-1-2-7(10-11)6(9)3-5/h1-4,9H,11H2. The lowest BCUT2D eigenvalue weighted by molar-refractivity contribution is 0.112. The Labute approximate surface area is 66.3 Å². The van der Waals surface area contributed by atoms with Gasteiger partial charge in [0.1, 0.15) is 6.29 Å². The van der Waals surface area contributed by atoms with Gasteiger partial charge in [-0.15, -0.1) is 0 Å². The van der Waals surface area contributed by atoms with Crippen molar-refractivity contribution in [3.8, 4) is 11.5 Å². The van der Waals surface area contributed by atoms with Crippen molar-refractivity contribution < 1.29 is 14.4 Å². The Hall–Kier alpha value is -1.08. The number of phenolic OH excluding ortho intramolecular Hbond substituents is 1. The summed E-state index contributed by atoms with van der Waals surface area (Å²) in [4.78, 5) is 10.2. The van der Waals surface area contributed by atoms with E-state index in [4.69, 9.17) is 9.63 Å². The summed E-state index contributed by atoms with van der Waals surface area (Å²) in [5.41, 5.74) is 0.424. The lowest BCUT2D eigenvalue weighted by atomic mass is 10.2. The van der Waals surface area contributed by atoms with Gasteiger partial charge in [-0.1, -0.05) is 0 Å². The van der Waals surface area contributed by atoms with Gasteiger partial charge in [-0.25, -0.2) is 0 Å². The first kappa shape index (κ1) is 8.02. The molecule has 3 nitrogen and oxygen atoms in total. The van der Waals surface area contributed by atoms with Gasteiger partial charge in [0.15, 0.2) is 11.5 Å². The van der Waals surface area contributed by atoms with E-state index >= 15 is 0 Å². The molecule has 0 amide bonds. The van der Waals surface area contributed by atoms with E-state index in [0.717, 1.165) is 0 Å². The molecule has 1 aromatic carbocycles. The molecule has 0 saturated heterocycles. The van der Waals surface area contributed by atoms with Crippen LogP contribution in [0.3, 0.4) is 0 Å². The molecule has 1 atom stereocenters. The first-order valence-corrected chi connectivity index (χ1v) is 3.40. The largest absolute Gasteiger partial charge is 0.504 e. The Balaban J connectivity index is 3.09. The molecule has 0 fully saturated rings. The fraction of sp³-hybridized carbons (Fsp3) is 0. The zero-order chi connectivity index (χ0) is 8.27. The molecule has 0 aliphatic heterocycles. The van der Waals surface area contributed by atoms with Crippen LogP contribution in [-0.4, -0.2) is 11.4 Å². The SMILES string of the molecule is O=Cc1ccc(OP)c(O)c1. The zero-order valence-electron chi connectivity index (χ0n) is 5.65. The molecule has 1 N–H and O–H groups in total. The number of aldehydes is 1. The third-order valence-corrected chi connectivity index (χ3v) is 1.50. The van der Waals surface area contributed by atoms with Crippen molar-refractivity contribution in [1.29, 1.82) is 0 Å². The molecule has 1 rings (SSSR count). The molecule has 0 heterocycles. The van der Waals surface area contributed by atoms with E-state index in [1.807, 2.05) is 9.47 Å². The molecule has 1 aromatic rings.